The molecule has 1 aromatic rings. The summed E-state index contributed by atoms with van der Waals surface area (Å²) < 4.78 is 24.1. The first kappa shape index (κ1) is 19.7. The molecular formula is C21H33BO4. The molecule has 0 spiro atoms. The van der Waals surface area contributed by atoms with Gasteiger partial charge in [-0.05, 0) is 70.5 Å². The molecule has 2 aliphatic rings. The Morgan fingerprint density at radius 2 is 1.73 bits per heavy atom. The molecular weight excluding hydrogens is 327 g/mol. The zero-order chi connectivity index (χ0) is 18.8. The van der Waals surface area contributed by atoms with Gasteiger partial charge in [-0.1, -0.05) is 25.5 Å². The zero-order valence-electron chi connectivity index (χ0n) is 16.9. The highest BCUT2D eigenvalue weighted by molar-refractivity contribution is 6.47. The Balaban J connectivity index is 1.58. The van der Waals surface area contributed by atoms with Crippen molar-refractivity contribution in [2.24, 2.45) is 0 Å². The highest BCUT2D eigenvalue weighted by Crippen LogP contribution is 2.41. The van der Waals surface area contributed by atoms with Crippen LogP contribution >= 0.6 is 0 Å². The summed E-state index contributed by atoms with van der Waals surface area (Å²) in [7, 11) is -0.156. The third kappa shape index (κ3) is 4.44. The second-order valence-corrected chi connectivity index (χ2v) is 8.56. The molecule has 5 heteroatoms. The molecule has 26 heavy (non-hydrogen) atoms. The third-order valence-electron chi connectivity index (χ3n) is 6.01. The largest absolute Gasteiger partial charge is 0.465 e. The van der Waals surface area contributed by atoms with Crippen molar-refractivity contribution in [3.05, 3.63) is 29.8 Å². The molecule has 2 saturated heterocycles. The van der Waals surface area contributed by atoms with Crippen LogP contribution in [0.4, 0.5) is 0 Å². The van der Waals surface area contributed by atoms with Gasteiger partial charge in [-0.25, -0.2) is 0 Å². The van der Waals surface area contributed by atoms with E-state index in [0.29, 0.717) is 5.82 Å². The lowest BCUT2D eigenvalue weighted by molar-refractivity contribution is -0.105. The number of hydrogen-bond acceptors (Lipinski definition) is 4. The van der Waals surface area contributed by atoms with E-state index in [1.165, 1.54) is 12.0 Å². The van der Waals surface area contributed by atoms with Crippen LogP contribution in [0.15, 0.2) is 24.3 Å². The molecule has 2 unspecified atom stereocenters. The molecule has 1 aromatic carbocycles. The molecule has 0 N–H and O–H groups in total. The predicted molar refractivity (Wildman–Crippen MR) is 104 cm³/mol. The Hall–Kier alpha value is -1.04. The number of hydrogen-bond donors (Lipinski definition) is 0. The molecule has 0 bridgehead atoms. The van der Waals surface area contributed by atoms with Crippen LogP contribution in [0.1, 0.15) is 65.9 Å². The van der Waals surface area contributed by atoms with E-state index in [0.717, 1.165) is 38.0 Å². The van der Waals surface area contributed by atoms with Crippen LogP contribution in [0.3, 0.4) is 0 Å². The topological polar surface area (TPSA) is 36.9 Å². The molecule has 0 radical (unpaired) electrons. The van der Waals surface area contributed by atoms with Crippen molar-refractivity contribution in [2.75, 3.05) is 6.61 Å². The fourth-order valence-electron chi connectivity index (χ4n) is 3.48. The van der Waals surface area contributed by atoms with E-state index in [-0.39, 0.29) is 24.6 Å². The average molecular weight is 360 g/mol. The Kier molecular flexibility index (Phi) is 6.00. The lowest BCUT2D eigenvalue weighted by Gasteiger charge is -2.32. The van der Waals surface area contributed by atoms with Gasteiger partial charge in [-0.15, -0.1) is 0 Å². The quantitative estimate of drug-likeness (QED) is 0.669. The van der Waals surface area contributed by atoms with E-state index in [9.17, 15) is 0 Å². The van der Waals surface area contributed by atoms with Crippen LogP contribution in [0.2, 0.25) is 5.82 Å². The van der Waals surface area contributed by atoms with Crippen LogP contribution in [-0.4, -0.2) is 31.2 Å². The van der Waals surface area contributed by atoms with E-state index >= 15 is 0 Å². The van der Waals surface area contributed by atoms with Crippen LogP contribution in [-0.2, 0) is 20.5 Å². The minimum absolute atomic E-state index is 0.0947. The van der Waals surface area contributed by atoms with Gasteiger partial charge in [0.1, 0.15) is 5.75 Å². The monoisotopic (exact) mass is 360 g/mol. The lowest BCUT2D eigenvalue weighted by Crippen LogP contribution is -2.41. The van der Waals surface area contributed by atoms with Gasteiger partial charge in [-0.3, -0.25) is 0 Å². The summed E-state index contributed by atoms with van der Waals surface area (Å²) in [6.45, 7) is 11.4. The van der Waals surface area contributed by atoms with Gasteiger partial charge in [0.2, 0.25) is 0 Å². The molecule has 0 aliphatic carbocycles. The molecule has 144 valence electrons. The van der Waals surface area contributed by atoms with Gasteiger partial charge in [0.15, 0.2) is 6.29 Å². The van der Waals surface area contributed by atoms with Crippen molar-refractivity contribution in [3.8, 4) is 5.75 Å². The van der Waals surface area contributed by atoms with Crippen molar-refractivity contribution in [1.82, 2.24) is 0 Å². The first-order valence-electron chi connectivity index (χ1n) is 10.0. The first-order chi connectivity index (χ1) is 12.3. The smallest absolute Gasteiger partial charge is 0.461 e. The maximum absolute atomic E-state index is 6.25. The maximum atomic E-state index is 6.25. The van der Waals surface area contributed by atoms with Gasteiger partial charge >= 0.3 is 7.12 Å². The summed E-state index contributed by atoms with van der Waals surface area (Å²) in [6, 6.07) is 8.38. The summed E-state index contributed by atoms with van der Waals surface area (Å²) in [5.74, 6) is 1.22. The van der Waals surface area contributed by atoms with Gasteiger partial charge < -0.3 is 18.8 Å². The summed E-state index contributed by atoms with van der Waals surface area (Å²) in [4.78, 5) is 0. The van der Waals surface area contributed by atoms with Crippen molar-refractivity contribution < 1.29 is 18.8 Å². The van der Waals surface area contributed by atoms with Crippen molar-refractivity contribution in [1.29, 1.82) is 0 Å². The summed E-state index contributed by atoms with van der Waals surface area (Å²) in [5, 5.41) is 0. The molecule has 0 aromatic heterocycles. The normalized spacial score (nSPS) is 25.9. The highest BCUT2D eigenvalue weighted by Gasteiger charge is 2.53. The summed E-state index contributed by atoms with van der Waals surface area (Å²) >= 11 is 0. The van der Waals surface area contributed by atoms with Crippen molar-refractivity contribution in [2.45, 2.75) is 90.0 Å². The van der Waals surface area contributed by atoms with Crippen LogP contribution in [0.5, 0.6) is 5.75 Å². The number of rotatable bonds is 6. The number of benzene rings is 1. The maximum Gasteiger partial charge on any atom is 0.461 e. The predicted octanol–water partition coefficient (Wildman–Crippen LogP) is 5.01. The molecule has 4 nitrogen and oxygen atoms in total. The SMILES string of the molecule is CCC(Cc1ccc(OC2CCCCO2)cc1)B1OC(C)(C)C(C)(C)O1. The Labute approximate surface area is 158 Å². The highest BCUT2D eigenvalue weighted by atomic mass is 16.7. The van der Waals surface area contributed by atoms with E-state index in [4.69, 9.17) is 18.8 Å². The molecule has 3 rings (SSSR count). The van der Waals surface area contributed by atoms with Gasteiger partial charge in [0, 0.05) is 6.42 Å². The minimum atomic E-state index is -0.275. The Morgan fingerprint density at radius 1 is 1.08 bits per heavy atom. The molecule has 2 aliphatic heterocycles. The summed E-state index contributed by atoms with van der Waals surface area (Å²) in [5.41, 5.74) is 0.731. The van der Waals surface area contributed by atoms with E-state index in [2.05, 4.69) is 46.8 Å². The second kappa shape index (κ2) is 7.91. The van der Waals surface area contributed by atoms with E-state index < -0.39 is 0 Å². The second-order valence-electron chi connectivity index (χ2n) is 8.56. The molecule has 2 fully saturated rings. The van der Waals surface area contributed by atoms with E-state index in [1.807, 2.05) is 12.1 Å². The van der Waals surface area contributed by atoms with Crippen LogP contribution in [0, 0.1) is 0 Å². The van der Waals surface area contributed by atoms with Crippen molar-refractivity contribution in [3.63, 3.8) is 0 Å². The number of ether oxygens (including phenoxy) is 2. The zero-order valence-corrected chi connectivity index (χ0v) is 16.9. The van der Waals surface area contributed by atoms with Gasteiger partial charge in [0.25, 0.3) is 0 Å². The van der Waals surface area contributed by atoms with Crippen LogP contribution in [0.25, 0.3) is 0 Å². The minimum Gasteiger partial charge on any atom is -0.465 e. The molecule has 2 atom stereocenters. The fraction of sp³-hybridized carbons (Fsp3) is 0.714. The Bertz CT molecular complexity index is 562. The Morgan fingerprint density at radius 3 is 2.27 bits per heavy atom. The first-order valence-corrected chi connectivity index (χ1v) is 10.0. The van der Waals surface area contributed by atoms with E-state index in [1.54, 1.807) is 0 Å². The lowest BCUT2D eigenvalue weighted by atomic mass is 9.67. The summed E-state index contributed by atoms with van der Waals surface area (Å²) in [6.07, 6.45) is 5.15. The van der Waals surface area contributed by atoms with Crippen LogP contribution < -0.4 is 4.74 Å². The third-order valence-corrected chi connectivity index (χ3v) is 6.01. The molecule has 2 heterocycles. The standard InChI is InChI=1S/C21H33BO4/c1-6-17(22-25-20(2,3)21(4,5)26-22)15-16-10-12-18(13-11-16)24-19-9-7-8-14-23-19/h10-13,17,19H,6-9,14-15H2,1-5H3. The fourth-order valence-corrected chi connectivity index (χ4v) is 3.48. The average Bonchev–Trinajstić information content (AvgIpc) is 2.82. The van der Waals surface area contributed by atoms with Crippen molar-refractivity contribution >= 4 is 7.12 Å². The molecule has 0 saturated carbocycles. The molecule has 0 amide bonds. The van der Waals surface area contributed by atoms with Gasteiger partial charge in [-0.2, -0.15) is 0 Å². The van der Waals surface area contributed by atoms with Gasteiger partial charge in [0.05, 0.1) is 17.8 Å².